The monoisotopic (exact) mass is 588 g/mol. The molecule has 3 amide bonds. The lowest BCUT2D eigenvalue weighted by molar-refractivity contribution is -0.135. The molecule has 0 radical (unpaired) electrons. The Kier molecular flexibility index (Phi) is 18.0. The highest BCUT2D eigenvalue weighted by Crippen LogP contribution is 2.15. The smallest absolute Gasteiger partial charge is 0.325 e. The van der Waals surface area contributed by atoms with Crippen LogP contribution in [0.4, 0.5) is 0 Å². The zero-order valence-electron chi connectivity index (χ0n) is 26.4. The van der Waals surface area contributed by atoms with Crippen LogP contribution in [0.3, 0.4) is 0 Å². The van der Waals surface area contributed by atoms with Crippen molar-refractivity contribution in [3.05, 3.63) is 29.8 Å². The molecular weight excluding hydrogens is 536 g/mol. The lowest BCUT2D eigenvalue weighted by Crippen LogP contribution is -2.56. The molecule has 0 heterocycles. The molecular formula is C32H52N4O6. The third-order valence-corrected chi connectivity index (χ3v) is 7.00. The number of hydrogen-bond acceptors (Lipinski definition) is 7. The molecule has 3 N–H and O–H groups in total. The van der Waals surface area contributed by atoms with E-state index in [4.69, 9.17) is 4.74 Å². The van der Waals surface area contributed by atoms with Crippen LogP contribution in [0.15, 0.2) is 24.3 Å². The molecule has 3 unspecified atom stereocenters. The van der Waals surface area contributed by atoms with E-state index in [0.29, 0.717) is 31.6 Å². The summed E-state index contributed by atoms with van der Waals surface area (Å²) in [6.07, 6.45) is 6.74. The molecule has 0 aliphatic heterocycles. The Morgan fingerprint density at radius 2 is 1.52 bits per heavy atom. The van der Waals surface area contributed by atoms with Gasteiger partial charge in [0.05, 0.1) is 6.54 Å². The van der Waals surface area contributed by atoms with Gasteiger partial charge in [-0.3, -0.25) is 24.1 Å². The van der Waals surface area contributed by atoms with Gasteiger partial charge in [-0.25, -0.2) is 0 Å². The van der Waals surface area contributed by atoms with Crippen LogP contribution in [-0.2, 0) is 30.4 Å². The number of nitrogens with one attached hydrogen (secondary N) is 3. The maximum Gasteiger partial charge on any atom is 0.325 e. The van der Waals surface area contributed by atoms with Gasteiger partial charge in [0.25, 0.3) is 0 Å². The van der Waals surface area contributed by atoms with Crippen LogP contribution in [0, 0.1) is 5.92 Å². The molecule has 0 saturated heterocycles. The van der Waals surface area contributed by atoms with Crippen LogP contribution >= 0.6 is 0 Å². The van der Waals surface area contributed by atoms with Crippen molar-refractivity contribution >= 4 is 29.5 Å². The number of amides is 3. The number of carbonyl (C=O) groups excluding carboxylic acids is 5. The van der Waals surface area contributed by atoms with E-state index in [1.54, 1.807) is 50.2 Å². The Morgan fingerprint density at radius 1 is 0.857 bits per heavy atom. The predicted molar refractivity (Wildman–Crippen MR) is 164 cm³/mol. The summed E-state index contributed by atoms with van der Waals surface area (Å²) in [5.74, 6) is -0.857. The van der Waals surface area contributed by atoms with Crippen LogP contribution in [0.5, 0.6) is 5.75 Å². The second kappa shape index (κ2) is 20.6. The van der Waals surface area contributed by atoms with E-state index in [2.05, 4.69) is 22.9 Å². The number of Topliss-reactive ketones (excluding diaryl/α,β-unsaturated/α-hetero) is 1. The van der Waals surface area contributed by atoms with Crippen LogP contribution in [0.1, 0.15) is 91.0 Å². The minimum Gasteiger partial charge on any atom is -0.426 e. The number of rotatable bonds is 21. The molecule has 0 saturated carbocycles. The number of ketones is 1. The highest BCUT2D eigenvalue weighted by Gasteiger charge is 2.30. The topological polar surface area (TPSA) is 134 Å². The average Bonchev–Trinajstić information content (AvgIpc) is 2.93. The van der Waals surface area contributed by atoms with Gasteiger partial charge in [-0.1, -0.05) is 58.6 Å². The van der Waals surface area contributed by atoms with Gasteiger partial charge in [-0.2, -0.15) is 0 Å². The van der Waals surface area contributed by atoms with E-state index in [1.807, 2.05) is 13.8 Å². The summed E-state index contributed by atoms with van der Waals surface area (Å²) >= 11 is 0. The molecule has 1 aromatic rings. The summed E-state index contributed by atoms with van der Waals surface area (Å²) in [5, 5.41) is 8.69. The third-order valence-electron chi connectivity index (χ3n) is 7.00. The van der Waals surface area contributed by atoms with E-state index in [0.717, 1.165) is 44.1 Å². The van der Waals surface area contributed by atoms with Crippen LogP contribution in [-0.4, -0.2) is 73.6 Å². The molecule has 42 heavy (non-hydrogen) atoms. The minimum atomic E-state index is -0.882. The van der Waals surface area contributed by atoms with Crippen LogP contribution in [0.2, 0.25) is 0 Å². The maximum atomic E-state index is 13.5. The Morgan fingerprint density at radius 3 is 2.12 bits per heavy atom. The van der Waals surface area contributed by atoms with Gasteiger partial charge in [0.15, 0.2) is 0 Å². The lowest BCUT2D eigenvalue weighted by atomic mass is 9.97. The first-order valence-electron chi connectivity index (χ1n) is 15.3. The van der Waals surface area contributed by atoms with E-state index < -0.39 is 18.0 Å². The summed E-state index contributed by atoms with van der Waals surface area (Å²) in [7, 11) is 3.56. The molecule has 10 heteroatoms. The first kappa shape index (κ1) is 36.8. The Bertz CT molecular complexity index is 995. The van der Waals surface area contributed by atoms with Crippen molar-refractivity contribution in [1.82, 2.24) is 20.9 Å². The quantitative estimate of drug-likeness (QED) is 0.114. The zero-order chi connectivity index (χ0) is 31.5. The summed E-state index contributed by atoms with van der Waals surface area (Å²) in [6.45, 7) is 8.11. The van der Waals surface area contributed by atoms with Gasteiger partial charge in [0, 0.05) is 25.8 Å². The fraction of sp³-hybridized carbons (Fsp3) is 0.656. The van der Waals surface area contributed by atoms with Crippen LogP contribution in [0.25, 0.3) is 0 Å². The fourth-order valence-corrected chi connectivity index (χ4v) is 4.32. The molecule has 0 aromatic heterocycles. The average molecular weight is 589 g/mol. The van der Waals surface area contributed by atoms with E-state index >= 15 is 0 Å². The van der Waals surface area contributed by atoms with Gasteiger partial charge in [-0.05, 0) is 63.9 Å². The number of likely N-dealkylation sites (N-methyl/N-ethyl adjacent to an activating group) is 1. The third kappa shape index (κ3) is 15.7. The first-order chi connectivity index (χ1) is 20.0. The summed E-state index contributed by atoms with van der Waals surface area (Å²) in [6, 6.07) is 5.20. The van der Waals surface area contributed by atoms with E-state index in [-0.39, 0.29) is 42.5 Å². The van der Waals surface area contributed by atoms with E-state index in [1.165, 1.54) is 0 Å². The minimum absolute atomic E-state index is 0.122. The summed E-state index contributed by atoms with van der Waals surface area (Å²) < 4.78 is 5.34. The SMILES string of the molecule is CCCCCC(=O)NC(Cc1ccc(OC(=O)CN(C)C)cc1)C(=O)NC(C(=O)NCCCCCC(C)=O)C(C)CC. The second-order valence-corrected chi connectivity index (χ2v) is 11.3. The molecule has 0 spiro atoms. The number of benzene rings is 1. The molecule has 3 atom stereocenters. The van der Waals surface area contributed by atoms with Gasteiger partial charge in [0.1, 0.15) is 23.6 Å². The van der Waals surface area contributed by atoms with Crippen molar-refractivity contribution in [2.75, 3.05) is 27.2 Å². The Hall–Kier alpha value is -3.27. The molecule has 1 rings (SSSR count). The van der Waals surface area contributed by atoms with Crippen molar-refractivity contribution in [2.45, 2.75) is 104 Å². The van der Waals surface area contributed by atoms with Crippen molar-refractivity contribution in [3.8, 4) is 5.75 Å². The van der Waals surface area contributed by atoms with Gasteiger partial charge < -0.3 is 25.5 Å². The van der Waals surface area contributed by atoms with Crippen molar-refractivity contribution in [1.29, 1.82) is 0 Å². The van der Waals surface area contributed by atoms with Crippen molar-refractivity contribution in [3.63, 3.8) is 0 Å². The second-order valence-electron chi connectivity index (χ2n) is 11.3. The first-order valence-corrected chi connectivity index (χ1v) is 15.3. The lowest BCUT2D eigenvalue weighted by Gasteiger charge is -2.26. The molecule has 0 bridgehead atoms. The number of hydrogen-bond donors (Lipinski definition) is 3. The fourth-order valence-electron chi connectivity index (χ4n) is 4.32. The maximum absolute atomic E-state index is 13.5. The van der Waals surface area contributed by atoms with Crippen molar-refractivity contribution < 1.29 is 28.7 Å². The highest BCUT2D eigenvalue weighted by atomic mass is 16.5. The van der Waals surface area contributed by atoms with Gasteiger partial charge in [0.2, 0.25) is 17.7 Å². The number of nitrogens with zero attached hydrogens (tertiary/aromatic N) is 1. The molecule has 0 fully saturated rings. The molecule has 0 aliphatic carbocycles. The standard InChI is InChI=1S/C32H52N4O6/c1-7-9-11-15-28(38)34-27(21-25-16-18-26(19-17-25)42-29(39)22-36(5)6)31(40)35-30(23(3)8-2)32(41)33-20-13-10-12-14-24(4)37/h16-19,23,27,30H,7-15,20-22H2,1-6H3,(H,33,41)(H,34,38)(H,35,40). The number of ether oxygens (including phenoxy) is 1. The summed E-state index contributed by atoms with van der Waals surface area (Å²) in [5.41, 5.74) is 0.770. The number of unbranched alkanes of at least 4 members (excludes halogenated alkanes) is 4. The summed E-state index contributed by atoms with van der Waals surface area (Å²) in [4.78, 5) is 64.1. The Labute approximate surface area is 251 Å². The molecule has 1 aromatic carbocycles. The largest absolute Gasteiger partial charge is 0.426 e. The van der Waals surface area contributed by atoms with Crippen molar-refractivity contribution in [2.24, 2.45) is 5.92 Å². The van der Waals surface area contributed by atoms with E-state index in [9.17, 15) is 24.0 Å². The number of carbonyl (C=O) groups is 5. The van der Waals surface area contributed by atoms with Crippen LogP contribution < -0.4 is 20.7 Å². The zero-order valence-corrected chi connectivity index (χ0v) is 26.4. The molecule has 0 aliphatic rings. The molecule has 236 valence electrons. The predicted octanol–water partition coefficient (Wildman–Crippen LogP) is 3.56. The number of esters is 1. The van der Waals surface area contributed by atoms with Gasteiger partial charge in [-0.15, -0.1) is 0 Å². The Balaban J connectivity index is 2.95. The highest BCUT2D eigenvalue weighted by molar-refractivity contribution is 5.92. The normalized spacial score (nSPS) is 13.1. The van der Waals surface area contributed by atoms with Gasteiger partial charge >= 0.3 is 5.97 Å². The molecule has 10 nitrogen and oxygen atoms in total.